The van der Waals surface area contributed by atoms with Crippen molar-refractivity contribution in [1.29, 1.82) is 5.26 Å². The number of rotatable bonds is 6. The molecule has 1 atom stereocenters. The van der Waals surface area contributed by atoms with Gasteiger partial charge >= 0.3 is 5.97 Å². The maximum absolute atomic E-state index is 11.0. The lowest BCUT2D eigenvalue weighted by atomic mass is 10.3. The van der Waals surface area contributed by atoms with E-state index < -0.39 is 0 Å². The molecule has 1 unspecified atom stereocenters. The minimum atomic E-state index is -0.319. The van der Waals surface area contributed by atoms with Crippen molar-refractivity contribution in [3.63, 3.8) is 0 Å². The first-order valence-corrected chi connectivity index (χ1v) is 6.56. The quantitative estimate of drug-likeness (QED) is 0.583. The van der Waals surface area contributed by atoms with Gasteiger partial charge in [-0.05, 0) is 23.9 Å². The van der Waals surface area contributed by atoms with Crippen LogP contribution in [-0.2, 0) is 9.53 Å². The molecule has 4 nitrogen and oxygen atoms in total. The second-order valence-electron chi connectivity index (χ2n) is 3.85. The number of para-hydroxylation sites is 1. The van der Waals surface area contributed by atoms with E-state index in [4.69, 9.17) is 10.00 Å². The first kappa shape index (κ1) is 14.4. The van der Waals surface area contributed by atoms with E-state index in [1.807, 2.05) is 47.7 Å². The normalized spacial score (nSPS) is 11.4. The Morgan fingerprint density at radius 2 is 2.17 bits per heavy atom. The monoisotopic (exact) mass is 264 g/mol. The fourth-order valence-electron chi connectivity index (χ4n) is 1.58. The Hall–Kier alpha value is -1.67. The van der Waals surface area contributed by atoms with E-state index in [-0.39, 0.29) is 12.1 Å². The first-order valence-electron chi connectivity index (χ1n) is 5.57. The van der Waals surface area contributed by atoms with Gasteiger partial charge in [-0.25, -0.2) is 0 Å². The number of thiocyanates is 1. The molecule has 1 rings (SSSR count). The average molecular weight is 264 g/mol. The molecule has 0 amide bonds. The van der Waals surface area contributed by atoms with Crippen molar-refractivity contribution in [3.8, 4) is 5.40 Å². The highest BCUT2D eigenvalue weighted by Crippen LogP contribution is 2.14. The molecule has 5 heteroatoms. The zero-order chi connectivity index (χ0) is 13.4. The number of likely N-dealkylation sites (N-methyl/N-ethyl adjacent to an activating group) is 1. The highest BCUT2D eigenvalue weighted by Gasteiger charge is 2.15. The van der Waals surface area contributed by atoms with Crippen molar-refractivity contribution in [2.45, 2.75) is 13.0 Å². The number of nitrogens with zero attached hydrogens (tertiary/aromatic N) is 2. The summed E-state index contributed by atoms with van der Waals surface area (Å²) in [5.41, 5.74) is 1.05. The van der Waals surface area contributed by atoms with Crippen molar-refractivity contribution < 1.29 is 9.53 Å². The Balaban J connectivity index is 2.59. The molecule has 0 N–H and O–H groups in total. The third-order valence-electron chi connectivity index (χ3n) is 2.34. The van der Waals surface area contributed by atoms with Gasteiger partial charge in [0.1, 0.15) is 11.5 Å². The second-order valence-corrected chi connectivity index (χ2v) is 4.65. The predicted octanol–water partition coefficient (Wildman–Crippen LogP) is 2.27. The summed E-state index contributed by atoms with van der Waals surface area (Å²) in [6, 6.07) is 9.84. The van der Waals surface area contributed by atoms with Crippen LogP contribution < -0.4 is 4.90 Å². The summed E-state index contributed by atoms with van der Waals surface area (Å²) >= 11 is 1.10. The molecule has 0 spiro atoms. The van der Waals surface area contributed by atoms with Gasteiger partial charge in [-0.2, -0.15) is 5.26 Å². The van der Waals surface area contributed by atoms with Crippen LogP contribution in [0.2, 0.25) is 0 Å². The molecular formula is C13H16N2O2S. The fraction of sp³-hybridized carbons (Fsp3) is 0.385. The van der Waals surface area contributed by atoms with Gasteiger partial charge in [-0.3, -0.25) is 4.79 Å². The zero-order valence-corrected chi connectivity index (χ0v) is 11.3. The maximum Gasteiger partial charge on any atom is 0.302 e. The molecule has 0 saturated heterocycles. The lowest BCUT2D eigenvalue weighted by Crippen LogP contribution is -2.33. The van der Waals surface area contributed by atoms with E-state index >= 15 is 0 Å². The van der Waals surface area contributed by atoms with Gasteiger partial charge in [0.15, 0.2) is 0 Å². The van der Waals surface area contributed by atoms with Crippen molar-refractivity contribution in [2.75, 3.05) is 24.2 Å². The summed E-state index contributed by atoms with van der Waals surface area (Å²) in [5, 5.41) is 10.6. The minimum absolute atomic E-state index is 0.280. The molecule has 0 aromatic heterocycles. The van der Waals surface area contributed by atoms with Gasteiger partial charge in [0.05, 0.1) is 6.54 Å². The summed E-state index contributed by atoms with van der Waals surface area (Å²) in [4.78, 5) is 13.0. The number of hydrogen-bond acceptors (Lipinski definition) is 5. The molecule has 0 heterocycles. The Bertz CT molecular complexity index is 417. The lowest BCUT2D eigenvalue weighted by Gasteiger charge is -2.24. The van der Waals surface area contributed by atoms with Crippen molar-refractivity contribution >= 4 is 23.4 Å². The number of carbonyl (C=O) groups is 1. The van der Waals surface area contributed by atoms with E-state index in [1.165, 1.54) is 6.92 Å². The SMILES string of the molecule is CC(=O)OC(CSC#N)CN(C)c1ccccc1. The van der Waals surface area contributed by atoms with Gasteiger partial charge in [0.2, 0.25) is 0 Å². The van der Waals surface area contributed by atoms with Crippen LogP contribution in [0.4, 0.5) is 5.69 Å². The molecule has 18 heavy (non-hydrogen) atoms. The molecular weight excluding hydrogens is 248 g/mol. The molecule has 0 radical (unpaired) electrons. The standard InChI is InChI=1S/C13H16N2O2S/c1-11(16)17-13(9-18-10-14)8-15(2)12-6-4-3-5-7-12/h3-7,13H,8-9H2,1-2H3. The molecule has 1 aromatic carbocycles. The molecule has 0 bridgehead atoms. The van der Waals surface area contributed by atoms with Crippen LogP contribution in [0.1, 0.15) is 6.92 Å². The van der Waals surface area contributed by atoms with Crippen molar-refractivity contribution in [3.05, 3.63) is 30.3 Å². The van der Waals surface area contributed by atoms with E-state index in [0.717, 1.165) is 17.4 Å². The highest BCUT2D eigenvalue weighted by atomic mass is 32.2. The van der Waals surface area contributed by atoms with E-state index in [1.54, 1.807) is 0 Å². The smallest absolute Gasteiger partial charge is 0.302 e. The maximum atomic E-state index is 11.0. The molecule has 96 valence electrons. The van der Waals surface area contributed by atoms with Crippen LogP contribution in [-0.4, -0.2) is 31.4 Å². The second kappa shape index (κ2) is 7.62. The van der Waals surface area contributed by atoms with E-state index in [9.17, 15) is 4.79 Å². The number of nitriles is 1. The molecule has 0 aliphatic heterocycles. The third kappa shape index (κ3) is 5.11. The number of benzene rings is 1. The number of ether oxygens (including phenoxy) is 1. The molecule has 1 aromatic rings. The fourth-order valence-corrected chi connectivity index (χ4v) is 2.02. The highest BCUT2D eigenvalue weighted by molar-refractivity contribution is 8.03. The van der Waals surface area contributed by atoms with Gasteiger partial charge < -0.3 is 9.64 Å². The Kier molecular flexibility index (Phi) is 6.09. The number of thioether (sulfide) groups is 1. The zero-order valence-electron chi connectivity index (χ0n) is 10.5. The topological polar surface area (TPSA) is 53.3 Å². The summed E-state index contributed by atoms with van der Waals surface area (Å²) in [5.74, 6) is 0.160. The van der Waals surface area contributed by atoms with Crippen LogP contribution in [0, 0.1) is 10.7 Å². The Morgan fingerprint density at radius 1 is 1.50 bits per heavy atom. The Morgan fingerprint density at radius 3 is 2.72 bits per heavy atom. The van der Waals surface area contributed by atoms with Crippen LogP contribution in [0.5, 0.6) is 0 Å². The van der Waals surface area contributed by atoms with Crippen LogP contribution >= 0.6 is 11.8 Å². The van der Waals surface area contributed by atoms with Gasteiger partial charge in [0, 0.05) is 25.4 Å². The summed E-state index contributed by atoms with van der Waals surface area (Å²) in [7, 11) is 1.93. The number of esters is 1. The average Bonchev–Trinajstić information content (AvgIpc) is 2.36. The van der Waals surface area contributed by atoms with E-state index in [2.05, 4.69) is 0 Å². The summed E-state index contributed by atoms with van der Waals surface area (Å²) in [6.07, 6.45) is -0.280. The summed E-state index contributed by atoms with van der Waals surface area (Å²) < 4.78 is 5.19. The van der Waals surface area contributed by atoms with Crippen molar-refractivity contribution in [2.24, 2.45) is 0 Å². The number of hydrogen-bond donors (Lipinski definition) is 0. The first-order chi connectivity index (χ1) is 8.63. The van der Waals surface area contributed by atoms with Crippen LogP contribution in [0.15, 0.2) is 30.3 Å². The molecule has 0 aliphatic carbocycles. The molecule has 0 aliphatic rings. The minimum Gasteiger partial charge on any atom is -0.460 e. The summed E-state index contributed by atoms with van der Waals surface area (Å²) in [6.45, 7) is 1.95. The Labute approximate surface area is 112 Å². The van der Waals surface area contributed by atoms with Crippen LogP contribution in [0.25, 0.3) is 0 Å². The van der Waals surface area contributed by atoms with Crippen molar-refractivity contribution in [1.82, 2.24) is 0 Å². The largest absolute Gasteiger partial charge is 0.460 e. The molecule has 0 fully saturated rings. The predicted molar refractivity (Wildman–Crippen MR) is 73.3 cm³/mol. The third-order valence-corrected chi connectivity index (χ3v) is 3.01. The van der Waals surface area contributed by atoms with Gasteiger partial charge in [0.25, 0.3) is 0 Å². The molecule has 0 saturated carbocycles. The number of carbonyl (C=O) groups excluding carboxylic acids is 1. The van der Waals surface area contributed by atoms with Crippen LogP contribution in [0.3, 0.4) is 0 Å². The van der Waals surface area contributed by atoms with Gasteiger partial charge in [-0.1, -0.05) is 18.2 Å². The lowest BCUT2D eigenvalue weighted by molar-refractivity contribution is -0.144. The van der Waals surface area contributed by atoms with Gasteiger partial charge in [-0.15, -0.1) is 0 Å². The number of anilines is 1. The van der Waals surface area contributed by atoms with E-state index in [0.29, 0.717) is 12.3 Å².